The highest BCUT2D eigenvalue weighted by Gasteiger charge is 2.56. The third kappa shape index (κ3) is 14.0. The van der Waals surface area contributed by atoms with Gasteiger partial charge in [-0.2, -0.15) is 8.78 Å². The number of likely N-dealkylation sites (tertiary alicyclic amines) is 1. The Labute approximate surface area is 338 Å². The third-order valence-corrected chi connectivity index (χ3v) is 10.7. The van der Waals surface area contributed by atoms with Crippen molar-refractivity contribution < 1.29 is 65.4 Å². The van der Waals surface area contributed by atoms with E-state index in [0.29, 0.717) is 30.4 Å². The molecule has 3 atom stereocenters. The van der Waals surface area contributed by atoms with Crippen LogP contribution < -0.4 is 16.4 Å². The number of esters is 2. The number of amides is 4. The smallest absolute Gasteiger partial charge is 0.410 e. The maximum Gasteiger partial charge on any atom is 0.410 e. The summed E-state index contributed by atoms with van der Waals surface area (Å²) in [4.78, 5) is 77.0. The summed E-state index contributed by atoms with van der Waals surface area (Å²) in [5.41, 5.74) is -1.64. The Morgan fingerprint density at radius 3 is 2.00 bits per heavy atom. The molecule has 1 heterocycles. The van der Waals surface area contributed by atoms with Crippen molar-refractivity contribution in [3.63, 3.8) is 0 Å². The van der Waals surface area contributed by atoms with Gasteiger partial charge in [0.05, 0.1) is 17.4 Å². The summed E-state index contributed by atoms with van der Waals surface area (Å²) < 4.78 is 69.8. The number of halogens is 2. The molecule has 0 aromatic heterocycles. The molecular weight excluding hydrogens is 785 g/mol. The van der Waals surface area contributed by atoms with E-state index in [9.17, 15) is 33.3 Å². The largest absolute Gasteiger partial charge is 0.448 e. The SMILES string of the molecule is C=CC1CCN(C(=O)C(CCCC)NC(=O)C=C(C)c2ccc(C(F)(F)P(=O)(OCOC(=O)C(C)(C)C)OCOC(=O)C(C)(C)C)cc2)C1C(=O)NCCOC(N)=O. The van der Waals surface area contributed by atoms with Crippen LogP contribution in [0.5, 0.6) is 0 Å². The molecule has 16 nitrogen and oxygen atoms in total. The molecule has 1 fully saturated rings. The average molecular weight is 843 g/mol. The number of hydrogen-bond donors (Lipinski definition) is 3. The first-order valence-corrected chi connectivity index (χ1v) is 20.3. The van der Waals surface area contributed by atoms with Crippen LogP contribution in [0.4, 0.5) is 13.6 Å². The first kappa shape index (κ1) is 49.5. The lowest BCUT2D eigenvalue weighted by Crippen LogP contribution is -2.54. The molecule has 0 spiro atoms. The Balaban J connectivity index is 2.28. The quantitative estimate of drug-likeness (QED) is 0.0272. The van der Waals surface area contributed by atoms with Crippen LogP contribution in [-0.4, -0.2) is 86.0 Å². The Bertz CT molecular complexity index is 1690. The Hall–Kier alpha value is -4.67. The summed E-state index contributed by atoms with van der Waals surface area (Å²) in [6.45, 7) is 14.0. The van der Waals surface area contributed by atoms with E-state index in [-0.39, 0.29) is 32.0 Å². The van der Waals surface area contributed by atoms with Gasteiger partial charge in [0, 0.05) is 24.1 Å². The normalized spacial score (nSPS) is 16.9. The summed E-state index contributed by atoms with van der Waals surface area (Å²) in [6.07, 6.45) is 3.77. The summed E-state index contributed by atoms with van der Waals surface area (Å²) in [5.74, 6) is -3.65. The van der Waals surface area contributed by atoms with E-state index >= 15 is 8.78 Å². The van der Waals surface area contributed by atoms with Gasteiger partial charge in [-0.1, -0.05) is 50.1 Å². The highest BCUT2D eigenvalue weighted by atomic mass is 31.2. The van der Waals surface area contributed by atoms with Gasteiger partial charge in [0.2, 0.25) is 31.3 Å². The zero-order chi connectivity index (χ0) is 44.1. The zero-order valence-corrected chi connectivity index (χ0v) is 35.3. The van der Waals surface area contributed by atoms with Crippen molar-refractivity contribution in [1.29, 1.82) is 0 Å². The third-order valence-electron chi connectivity index (χ3n) is 8.83. The average Bonchev–Trinajstić information content (AvgIpc) is 3.58. The monoisotopic (exact) mass is 842 g/mol. The van der Waals surface area contributed by atoms with Gasteiger partial charge in [-0.3, -0.25) is 37.6 Å². The molecular formula is C39H57F2N4O12P. The molecule has 1 saturated heterocycles. The number of ether oxygens (including phenoxy) is 3. The highest BCUT2D eigenvalue weighted by Crippen LogP contribution is 2.67. The molecule has 0 saturated carbocycles. The van der Waals surface area contributed by atoms with Crippen LogP contribution >= 0.6 is 7.60 Å². The Kier molecular flexibility index (Phi) is 18.2. The van der Waals surface area contributed by atoms with Crippen molar-refractivity contribution in [3.8, 4) is 0 Å². The van der Waals surface area contributed by atoms with E-state index in [1.807, 2.05) is 6.92 Å². The van der Waals surface area contributed by atoms with E-state index in [1.165, 1.54) is 71.6 Å². The topological polar surface area (TPSA) is 219 Å². The number of carbonyl (C=O) groups excluding carboxylic acids is 6. The maximum atomic E-state index is 16.0. The number of rotatable bonds is 20. The number of carbonyl (C=O) groups is 6. The standard InChI is InChI=1S/C39H57F2N4O12P/c1-10-12-13-29(33(48)45-20-18-26(11-2)31(45)32(47)43-19-21-53-36(42)51)44-30(46)22-25(3)27-14-16-28(17-15-27)39(40,41)58(52,56-23-54-34(49)37(4,5)6)57-24-55-35(50)38(7,8)9/h11,14-17,22,26,29,31H,2,10,12-13,18-21,23-24H2,1,3-9H3,(H2,42,51)(H,43,47)(H,44,46). The molecule has 4 amide bonds. The molecule has 19 heteroatoms. The fourth-order valence-corrected chi connectivity index (χ4v) is 6.71. The van der Waals surface area contributed by atoms with Gasteiger partial charge in [-0.25, -0.2) is 4.79 Å². The van der Waals surface area contributed by atoms with Crippen molar-refractivity contribution in [2.45, 2.75) is 98.8 Å². The van der Waals surface area contributed by atoms with Gasteiger partial charge in [0.1, 0.15) is 18.7 Å². The molecule has 0 radical (unpaired) electrons. The number of alkyl halides is 2. The second kappa shape index (κ2) is 21.4. The minimum Gasteiger partial charge on any atom is -0.448 e. The van der Waals surface area contributed by atoms with Crippen molar-refractivity contribution in [2.24, 2.45) is 22.5 Å². The number of nitrogens with zero attached hydrogens (tertiary/aromatic N) is 1. The number of nitrogens with one attached hydrogen (secondary N) is 2. The number of primary amides is 1. The van der Waals surface area contributed by atoms with Gasteiger partial charge < -0.3 is 35.5 Å². The predicted molar refractivity (Wildman–Crippen MR) is 208 cm³/mol. The number of nitrogens with two attached hydrogens (primary N) is 1. The minimum absolute atomic E-state index is 0.0344. The molecule has 324 valence electrons. The number of hydrogen-bond acceptors (Lipinski definition) is 12. The summed E-state index contributed by atoms with van der Waals surface area (Å²) >= 11 is 0. The van der Waals surface area contributed by atoms with Gasteiger partial charge in [0.25, 0.3) is 0 Å². The molecule has 4 N–H and O–H groups in total. The Morgan fingerprint density at radius 1 is 0.966 bits per heavy atom. The fraction of sp³-hybridized carbons (Fsp3) is 0.590. The first-order valence-electron chi connectivity index (χ1n) is 18.7. The van der Waals surface area contributed by atoms with Crippen LogP contribution in [0.15, 0.2) is 43.0 Å². The second-order valence-corrected chi connectivity index (χ2v) is 17.7. The lowest BCUT2D eigenvalue weighted by atomic mass is 9.98. The summed E-state index contributed by atoms with van der Waals surface area (Å²) in [6, 6.07) is 2.43. The number of benzene rings is 1. The van der Waals surface area contributed by atoms with Gasteiger partial charge >= 0.3 is 31.3 Å². The van der Waals surface area contributed by atoms with Crippen LogP contribution in [0, 0.1) is 16.7 Å². The van der Waals surface area contributed by atoms with Crippen molar-refractivity contribution in [1.82, 2.24) is 15.5 Å². The van der Waals surface area contributed by atoms with E-state index < -0.39 is 91.1 Å². The van der Waals surface area contributed by atoms with Crippen LogP contribution in [0.1, 0.15) is 92.2 Å². The molecule has 0 bridgehead atoms. The first-order chi connectivity index (χ1) is 26.9. The second-order valence-electron chi connectivity index (χ2n) is 15.6. The molecule has 1 aromatic carbocycles. The maximum absolute atomic E-state index is 16.0. The van der Waals surface area contributed by atoms with Crippen LogP contribution in [-0.2, 0) is 57.5 Å². The molecule has 1 aromatic rings. The lowest BCUT2D eigenvalue weighted by Gasteiger charge is -2.30. The number of unbranched alkanes of at least 4 members (excludes halogenated alkanes) is 1. The summed E-state index contributed by atoms with van der Waals surface area (Å²) in [5, 5.41) is 5.35. The van der Waals surface area contributed by atoms with Crippen LogP contribution in [0.3, 0.4) is 0 Å². The van der Waals surface area contributed by atoms with Crippen LogP contribution in [0.25, 0.3) is 5.57 Å². The van der Waals surface area contributed by atoms with Crippen molar-refractivity contribution in [2.75, 3.05) is 33.3 Å². The molecule has 0 aliphatic carbocycles. The van der Waals surface area contributed by atoms with E-state index in [2.05, 4.69) is 21.9 Å². The molecule has 1 aliphatic heterocycles. The Morgan fingerprint density at radius 2 is 1.52 bits per heavy atom. The minimum atomic E-state index is -5.55. The van der Waals surface area contributed by atoms with Gasteiger partial charge in [-0.15, -0.1) is 6.58 Å². The summed E-state index contributed by atoms with van der Waals surface area (Å²) in [7, 11) is -5.55. The van der Waals surface area contributed by atoms with Gasteiger partial charge in [0.15, 0.2) is 0 Å². The molecule has 1 aliphatic rings. The van der Waals surface area contributed by atoms with E-state index in [4.69, 9.17) is 24.3 Å². The van der Waals surface area contributed by atoms with E-state index in [0.717, 1.165) is 12.1 Å². The van der Waals surface area contributed by atoms with Crippen LogP contribution in [0.2, 0.25) is 0 Å². The zero-order valence-electron chi connectivity index (χ0n) is 34.4. The predicted octanol–water partition coefficient (Wildman–Crippen LogP) is 5.75. The molecule has 58 heavy (non-hydrogen) atoms. The van der Waals surface area contributed by atoms with Crippen molar-refractivity contribution >= 4 is 48.9 Å². The van der Waals surface area contributed by atoms with Crippen molar-refractivity contribution in [3.05, 3.63) is 54.1 Å². The lowest BCUT2D eigenvalue weighted by molar-refractivity contribution is -0.163. The molecule has 3 unspecified atom stereocenters. The molecule has 2 rings (SSSR count). The van der Waals surface area contributed by atoms with E-state index in [1.54, 1.807) is 6.08 Å². The number of allylic oxidation sites excluding steroid dienone is 1. The fourth-order valence-electron chi connectivity index (χ4n) is 5.46. The van der Waals surface area contributed by atoms with Gasteiger partial charge in [-0.05, 0) is 72.4 Å². The highest BCUT2D eigenvalue weighted by molar-refractivity contribution is 7.54.